The van der Waals surface area contributed by atoms with Crippen LogP contribution in [0.5, 0.6) is 5.75 Å². The molecule has 3 heteroatoms. The molecule has 0 saturated carbocycles. The van der Waals surface area contributed by atoms with Gasteiger partial charge in [0, 0.05) is 0 Å². The first kappa shape index (κ1) is 16.6. The van der Waals surface area contributed by atoms with E-state index < -0.39 is 0 Å². The highest BCUT2D eigenvalue weighted by Crippen LogP contribution is 2.21. The maximum atomic E-state index is 9.32. The highest BCUT2D eigenvalue weighted by molar-refractivity contribution is 5.34. The summed E-state index contributed by atoms with van der Waals surface area (Å²) >= 11 is 0. The first-order chi connectivity index (χ1) is 11.3. The van der Waals surface area contributed by atoms with Crippen LogP contribution < -0.4 is 4.74 Å². The van der Waals surface area contributed by atoms with E-state index in [0.717, 1.165) is 30.6 Å². The number of aryl methyl sites for hydroxylation is 1. The smallest absolute Gasteiger partial charge is 0.119 e. The Bertz CT molecular complexity index is 690. The fourth-order valence-electron chi connectivity index (χ4n) is 2.39. The van der Waals surface area contributed by atoms with Crippen molar-refractivity contribution in [2.75, 3.05) is 6.61 Å². The second-order valence-corrected chi connectivity index (χ2v) is 5.40. The zero-order valence-electron chi connectivity index (χ0n) is 13.3. The Balaban J connectivity index is 1.81. The fraction of sp³-hybridized carbons (Fsp3) is 0.300. The normalized spacial score (nSPS) is 11.3. The van der Waals surface area contributed by atoms with Crippen LogP contribution in [0.2, 0.25) is 0 Å². The first-order valence-electron chi connectivity index (χ1n) is 7.88. The molecule has 0 heterocycles. The Labute approximate surface area is 137 Å². The average Bonchev–Trinajstić information content (AvgIpc) is 2.62. The number of hydrogen-bond donors (Lipinski definition) is 0. The second-order valence-electron chi connectivity index (χ2n) is 5.40. The third-order valence-corrected chi connectivity index (χ3v) is 3.84. The molecule has 116 valence electrons. The van der Waals surface area contributed by atoms with Crippen molar-refractivity contribution in [1.82, 2.24) is 0 Å². The minimum atomic E-state index is -0.159. The van der Waals surface area contributed by atoms with Gasteiger partial charge in [0.25, 0.3) is 0 Å². The van der Waals surface area contributed by atoms with Crippen LogP contribution in [0.25, 0.3) is 0 Å². The van der Waals surface area contributed by atoms with Gasteiger partial charge in [-0.2, -0.15) is 10.5 Å². The van der Waals surface area contributed by atoms with Gasteiger partial charge in [-0.3, -0.25) is 0 Å². The molecule has 0 N–H and O–H groups in total. The molecule has 0 amide bonds. The number of nitriles is 2. The lowest BCUT2D eigenvalue weighted by Crippen LogP contribution is -2.02. The van der Waals surface area contributed by atoms with E-state index in [1.165, 1.54) is 5.56 Å². The molecule has 0 bridgehead atoms. The van der Waals surface area contributed by atoms with Crippen LogP contribution in [0.3, 0.4) is 0 Å². The van der Waals surface area contributed by atoms with Gasteiger partial charge < -0.3 is 4.74 Å². The molecule has 1 atom stereocenters. The van der Waals surface area contributed by atoms with Crippen molar-refractivity contribution in [2.24, 2.45) is 0 Å². The van der Waals surface area contributed by atoms with E-state index in [1.54, 1.807) is 12.1 Å². The van der Waals surface area contributed by atoms with Crippen molar-refractivity contribution in [2.45, 2.75) is 32.1 Å². The van der Waals surface area contributed by atoms with Crippen LogP contribution in [0, 0.1) is 22.7 Å². The fourth-order valence-corrected chi connectivity index (χ4v) is 2.39. The van der Waals surface area contributed by atoms with Crippen LogP contribution in [-0.2, 0) is 6.42 Å². The molecule has 3 nitrogen and oxygen atoms in total. The van der Waals surface area contributed by atoms with Crippen LogP contribution in [0.4, 0.5) is 0 Å². The van der Waals surface area contributed by atoms with E-state index >= 15 is 0 Å². The Kier molecular flexibility index (Phi) is 6.21. The van der Waals surface area contributed by atoms with Gasteiger partial charge in [-0.25, -0.2) is 0 Å². The predicted octanol–water partition coefficient (Wildman–Crippen LogP) is 4.59. The summed E-state index contributed by atoms with van der Waals surface area (Å²) in [4.78, 5) is 0. The Morgan fingerprint density at radius 1 is 1.00 bits per heavy atom. The maximum Gasteiger partial charge on any atom is 0.119 e. The highest BCUT2D eigenvalue weighted by atomic mass is 16.5. The molecule has 1 unspecified atom stereocenters. The van der Waals surface area contributed by atoms with E-state index in [1.807, 2.05) is 24.3 Å². The second kappa shape index (κ2) is 8.61. The molecule has 0 saturated heterocycles. The molecule has 0 fully saturated rings. The molecule has 2 aromatic rings. The number of ether oxygens (including phenoxy) is 1. The van der Waals surface area contributed by atoms with Crippen LogP contribution in [0.1, 0.15) is 42.4 Å². The van der Waals surface area contributed by atoms with E-state index in [4.69, 9.17) is 10.00 Å². The summed E-state index contributed by atoms with van der Waals surface area (Å²) in [6.45, 7) is 2.72. The maximum absolute atomic E-state index is 9.32. The van der Waals surface area contributed by atoms with Crippen molar-refractivity contribution in [3.05, 3.63) is 65.2 Å². The Morgan fingerprint density at radius 3 is 2.26 bits per heavy atom. The minimum Gasteiger partial charge on any atom is -0.494 e. The van der Waals surface area contributed by atoms with Crippen molar-refractivity contribution < 1.29 is 4.74 Å². The largest absolute Gasteiger partial charge is 0.494 e. The van der Waals surface area contributed by atoms with Gasteiger partial charge in [-0.1, -0.05) is 31.2 Å². The minimum absolute atomic E-state index is 0.159. The molecule has 0 aromatic heterocycles. The van der Waals surface area contributed by atoms with Gasteiger partial charge in [0.1, 0.15) is 5.75 Å². The Hall–Kier alpha value is -2.78. The SMILES string of the molecule is CCc1ccc(OCCCC(C#N)c2ccc(C#N)cc2)cc1. The summed E-state index contributed by atoms with van der Waals surface area (Å²) < 4.78 is 5.72. The summed E-state index contributed by atoms with van der Waals surface area (Å²) in [6, 6.07) is 19.8. The van der Waals surface area contributed by atoms with Gasteiger partial charge in [0.05, 0.1) is 30.2 Å². The quantitative estimate of drug-likeness (QED) is 0.703. The molecular weight excluding hydrogens is 284 g/mol. The molecule has 0 aliphatic heterocycles. The molecule has 2 rings (SSSR count). The third-order valence-electron chi connectivity index (χ3n) is 3.84. The van der Waals surface area contributed by atoms with Crippen LogP contribution >= 0.6 is 0 Å². The van der Waals surface area contributed by atoms with Gasteiger partial charge in [0.2, 0.25) is 0 Å². The lowest BCUT2D eigenvalue weighted by molar-refractivity contribution is 0.305. The summed E-state index contributed by atoms with van der Waals surface area (Å²) in [7, 11) is 0. The molecule has 2 aromatic carbocycles. The van der Waals surface area contributed by atoms with Crippen LogP contribution in [-0.4, -0.2) is 6.61 Å². The number of benzene rings is 2. The molecular formula is C20H20N2O. The lowest BCUT2D eigenvalue weighted by atomic mass is 9.95. The lowest BCUT2D eigenvalue weighted by Gasteiger charge is -2.11. The first-order valence-corrected chi connectivity index (χ1v) is 7.88. The van der Waals surface area contributed by atoms with Gasteiger partial charge in [-0.05, 0) is 54.7 Å². The van der Waals surface area contributed by atoms with E-state index in [2.05, 4.69) is 31.2 Å². The van der Waals surface area contributed by atoms with E-state index in [0.29, 0.717) is 12.2 Å². The summed E-state index contributed by atoms with van der Waals surface area (Å²) in [5.74, 6) is 0.711. The zero-order chi connectivity index (χ0) is 16.5. The molecule has 23 heavy (non-hydrogen) atoms. The van der Waals surface area contributed by atoms with Crippen molar-refractivity contribution >= 4 is 0 Å². The summed E-state index contributed by atoms with van der Waals surface area (Å²) in [5.41, 5.74) is 2.87. The van der Waals surface area contributed by atoms with Gasteiger partial charge >= 0.3 is 0 Å². The van der Waals surface area contributed by atoms with E-state index in [-0.39, 0.29) is 5.92 Å². The Morgan fingerprint density at radius 2 is 1.70 bits per heavy atom. The molecule has 0 aliphatic rings. The summed E-state index contributed by atoms with van der Waals surface area (Å²) in [5, 5.41) is 18.1. The third kappa shape index (κ3) is 4.87. The summed E-state index contributed by atoms with van der Waals surface area (Å²) in [6.07, 6.45) is 2.58. The standard InChI is InChI=1S/C20H20N2O/c1-2-16-7-11-20(12-8-16)23-13-3-4-19(15-22)18-9-5-17(14-21)6-10-18/h5-12,19H,2-4,13H2,1H3. The predicted molar refractivity (Wildman–Crippen MR) is 90.1 cm³/mol. The molecule has 0 spiro atoms. The van der Waals surface area contributed by atoms with Gasteiger partial charge in [0.15, 0.2) is 0 Å². The molecule has 0 radical (unpaired) electrons. The average molecular weight is 304 g/mol. The van der Waals surface area contributed by atoms with Crippen molar-refractivity contribution in [3.63, 3.8) is 0 Å². The monoisotopic (exact) mass is 304 g/mol. The number of hydrogen-bond acceptors (Lipinski definition) is 3. The van der Waals surface area contributed by atoms with Crippen LogP contribution in [0.15, 0.2) is 48.5 Å². The van der Waals surface area contributed by atoms with Crippen molar-refractivity contribution in [3.8, 4) is 17.9 Å². The topological polar surface area (TPSA) is 56.8 Å². The van der Waals surface area contributed by atoms with Crippen molar-refractivity contribution in [1.29, 1.82) is 10.5 Å². The molecule has 0 aliphatic carbocycles. The highest BCUT2D eigenvalue weighted by Gasteiger charge is 2.10. The zero-order valence-corrected chi connectivity index (χ0v) is 13.3. The van der Waals surface area contributed by atoms with Gasteiger partial charge in [-0.15, -0.1) is 0 Å². The number of rotatable bonds is 7. The van der Waals surface area contributed by atoms with E-state index in [9.17, 15) is 5.26 Å². The number of nitrogens with zero attached hydrogens (tertiary/aromatic N) is 2.